The fourth-order valence-electron chi connectivity index (χ4n) is 1.59. The first-order chi connectivity index (χ1) is 5.79. The Balaban J connectivity index is 2.04. The summed E-state index contributed by atoms with van der Waals surface area (Å²) < 4.78 is 0. The molecule has 0 radical (unpaired) electrons. The van der Waals surface area contributed by atoms with E-state index in [0.717, 1.165) is 10.9 Å². The summed E-state index contributed by atoms with van der Waals surface area (Å²) in [6.45, 7) is 2.28. The van der Waals surface area contributed by atoms with Crippen molar-refractivity contribution in [1.82, 2.24) is 10.2 Å². The average Bonchev–Trinajstić information content (AvgIpc) is 2.46. The Hall–Kier alpha value is -0.150. The lowest BCUT2D eigenvalue weighted by Gasteiger charge is -2.30. The van der Waals surface area contributed by atoms with E-state index in [2.05, 4.69) is 17.1 Å². The molecule has 0 unspecified atom stereocenters. The lowest BCUT2D eigenvalue weighted by atomic mass is 9.77. The Labute approximate surface area is 81.0 Å². The van der Waals surface area contributed by atoms with Crippen LogP contribution in [0.1, 0.15) is 35.7 Å². The second-order valence-electron chi connectivity index (χ2n) is 3.44. The topological polar surface area (TPSA) is 25.8 Å². The highest BCUT2D eigenvalue weighted by molar-refractivity contribution is 7.11. The van der Waals surface area contributed by atoms with E-state index in [-0.39, 0.29) is 0 Å². The molecule has 1 aliphatic carbocycles. The van der Waals surface area contributed by atoms with Crippen molar-refractivity contribution >= 4 is 22.9 Å². The van der Waals surface area contributed by atoms with E-state index < -0.39 is 0 Å². The molecule has 1 aliphatic rings. The molecule has 2 rings (SSSR count). The van der Waals surface area contributed by atoms with Crippen LogP contribution in [0.25, 0.3) is 0 Å². The summed E-state index contributed by atoms with van der Waals surface area (Å²) in [5, 5.41) is 10.3. The van der Waals surface area contributed by atoms with Crippen LogP contribution < -0.4 is 0 Å². The van der Waals surface area contributed by atoms with Gasteiger partial charge in [0.25, 0.3) is 0 Å². The molecule has 1 heterocycles. The normalized spacial score (nSPS) is 28.5. The number of rotatable bonds is 2. The van der Waals surface area contributed by atoms with Gasteiger partial charge >= 0.3 is 0 Å². The fraction of sp³-hybridized carbons (Fsp3) is 0.750. The zero-order chi connectivity index (χ0) is 8.55. The molecule has 0 aromatic carbocycles. The summed E-state index contributed by atoms with van der Waals surface area (Å²) in [6.07, 6.45) is 2.55. The summed E-state index contributed by atoms with van der Waals surface area (Å²) in [5.74, 6) is 2.05. The van der Waals surface area contributed by atoms with E-state index in [9.17, 15) is 0 Å². The Morgan fingerprint density at radius 3 is 2.75 bits per heavy atom. The molecule has 0 aliphatic heterocycles. The average molecular weight is 203 g/mol. The van der Waals surface area contributed by atoms with Gasteiger partial charge in [0, 0.05) is 5.92 Å². The Kier molecular flexibility index (Phi) is 2.33. The standard InChI is InChI=1S/C8H11ClN2S/c1-5-2-6(3-5)8-11-10-7(4-9)12-8/h5-6H,2-4H2,1H3. The van der Waals surface area contributed by atoms with Crippen molar-refractivity contribution in [3.8, 4) is 0 Å². The number of alkyl halides is 1. The first kappa shape index (κ1) is 8.45. The van der Waals surface area contributed by atoms with Crippen LogP contribution in [-0.4, -0.2) is 10.2 Å². The molecule has 0 spiro atoms. The van der Waals surface area contributed by atoms with Crippen molar-refractivity contribution < 1.29 is 0 Å². The minimum atomic E-state index is 0.500. The van der Waals surface area contributed by atoms with E-state index in [1.165, 1.54) is 17.8 Å². The maximum Gasteiger partial charge on any atom is 0.132 e. The summed E-state index contributed by atoms with van der Waals surface area (Å²) in [6, 6.07) is 0. The zero-order valence-corrected chi connectivity index (χ0v) is 8.53. The molecule has 4 heteroatoms. The zero-order valence-electron chi connectivity index (χ0n) is 6.96. The van der Waals surface area contributed by atoms with Crippen LogP contribution in [-0.2, 0) is 5.88 Å². The molecule has 1 saturated carbocycles. The van der Waals surface area contributed by atoms with Crippen molar-refractivity contribution in [3.63, 3.8) is 0 Å². The van der Waals surface area contributed by atoms with Gasteiger partial charge in [-0.05, 0) is 18.8 Å². The number of hydrogen-bond donors (Lipinski definition) is 0. The lowest BCUT2D eigenvalue weighted by molar-refractivity contribution is 0.287. The van der Waals surface area contributed by atoms with Gasteiger partial charge in [0.1, 0.15) is 10.0 Å². The Morgan fingerprint density at radius 2 is 2.25 bits per heavy atom. The first-order valence-electron chi connectivity index (χ1n) is 4.18. The molecule has 0 saturated heterocycles. The van der Waals surface area contributed by atoms with Crippen molar-refractivity contribution in [1.29, 1.82) is 0 Å². The molecule has 66 valence electrons. The van der Waals surface area contributed by atoms with Crippen molar-refractivity contribution in [2.45, 2.75) is 31.6 Å². The van der Waals surface area contributed by atoms with E-state index in [1.54, 1.807) is 11.3 Å². The summed E-state index contributed by atoms with van der Waals surface area (Å²) in [7, 11) is 0. The molecule has 1 aromatic heterocycles. The third-order valence-electron chi connectivity index (χ3n) is 2.32. The number of nitrogens with zero attached hydrogens (tertiary/aromatic N) is 2. The van der Waals surface area contributed by atoms with Gasteiger partial charge in [-0.15, -0.1) is 21.8 Å². The van der Waals surface area contributed by atoms with E-state index in [1.807, 2.05) is 0 Å². The predicted molar refractivity (Wildman–Crippen MR) is 50.6 cm³/mol. The molecule has 1 aromatic rings. The monoisotopic (exact) mass is 202 g/mol. The molecular weight excluding hydrogens is 192 g/mol. The highest BCUT2D eigenvalue weighted by Crippen LogP contribution is 2.42. The molecule has 2 nitrogen and oxygen atoms in total. The third kappa shape index (κ3) is 1.48. The van der Waals surface area contributed by atoms with Gasteiger partial charge in [-0.2, -0.15) is 0 Å². The van der Waals surface area contributed by atoms with Crippen molar-refractivity contribution in [2.75, 3.05) is 0 Å². The van der Waals surface area contributed by atoms with Gasteiger partial charge < -0.3 is 0 Å². The van der Waals surface area contributed by atoms with E-state index in [0.29, 0.717) is 11.8 Å². The van der Waals surface area contributed by atoms with E-state index in [4.69, 9.17) is 11.6 Å². The highest BCUT2D eigenvalue weighted by Gasteiger charge is 2.29. The number of halogens is 1. The Bertz CT molecular complexity index is 268. The van der Waals surface area contributed by atoms with Crippen LogP contribution in [0.15, 0.2) is 0 Å². The molecule has 0 amide bonds. The van der Waals surface area contributed by atoms with E-state index >= 15 is 0 Å². The van der Waals surface area contributed by atoms with Crippen LogP contribution in [0.4, 0.5) is 0 Å². The number of aromatic nitrogens is 2. The van der Waals surface area contributed by atoms with Crippen LogP contribution in [0.3, 0.4) is 0 Å². The van der Waals surface area contributed by atoms with Gasteiger partial charge in [0.05, 0.1) is 5.88 Å². The highest BCUT2D eigenvalue weighted by atomic mass is 35.5. The molecule has 0 N–H and O–H groups in total. The second-order valence-corrected chi connectivity index (χ2v) is 4.80. The van der Waals surface area contributed by atoms with Crippen LogP contribution >= 0.6 is 22.9 Å². The minimum Gasteiger partial charge on any atom is -0.143 e. The summed E-state index contributed by atoms with van der Waals surface area (Å²) >= 11 is 7.31. The third-order valence-corrected chi connectivity index (χ3v) is 3.82. The largest absolute Gasteiger partial charge is 0.143 e. The van der Waals surface area contributed by atoms with Crippen LogP contribution in [0.2, 0.25) is 0 Å². The van der Waals surface area contributed by atoms with Gasteiger partial charge in [-0.3, -0.25) is 0 Å². The summed E-state index contributed by atoms with van der Waals surface area (Å²) in [4.78, 5) is 0. The maximum atomic E-state index is 5.64. The second kappa shape index (κ2) is 3.30. The van der Waals surface area contributed by atoms with Gasteiger partial charge in [-0.25, -0.2) is 0 Å². The number of hydrogen-bond acceptors (Lipinski definition) is 3. The van der Waals surface area contributed by atoms with Gasteiger partial charge in [-0.1, -0.05) is 18.3 Å². The maximum absolute atomic E-state index is 5.64. The predicted octanol–water partition coefficient (Wildman–Crippen LogP) is 2.79. The smallest absolute Gasteiger partial charge is 0.132 e. The Morgan fingerprint density at radius 1 is 1.50 bits per heavy atom. The quantitative estimate of drug-likeness (QED) is 0.690. The summed E-state index contributed by atoms with van der Waals surface area (Å²) in [5.41, 5.74) is 0. The minimum absolute atomic E-state index is 0.500. The van der Waals surface area contributed by atoms with Crippen LogP contribution in [0, 0.1) is 5.92 Å². The lowest BCUT2D eigenvalue weighted by Crippen LogP contribution is -2.18. The van der Waals surface area contributed by atoms with Gasteiger partial charge in [0.15, 0.2) is 0 Å². The molecule has 0 bridgehead atoms. The van der Waals surface area contributed by atoms with Crippen molar-refractivity contribution in [2.24, 2.45) is 5.92 Å². The van der Waals surface area contributed by atoms with Crippen molar-refractivity contribution in [3.05, 3.63) is 10.0 Å². The van der Waals surface area contributed by atoms with Gasteiger partial charge in [0.2, 0.25) is 0 Å². The SMILES string of the molecule is CC1CC(c2nnc(CCl)s2)C1. The molecule has 1 fully saturated rings. The first-order valence-corrected chi connectivity index (χ1v) is 5.53. The fourth-order valence-corrected chi connectivity index (χ4v) is 2.63. The van der Waals surface area contributed by atoms with Crippen LogP contribution in [0.5, 0.6) is 0 Å². The molecular formula is C8H11ClN2S. The molecule has 12 heavy (non-hydrogen) atoms. The molecule has 0 atom stereocenters.